The molecule has 0 heterocycles. The summed E-state index contributed by atoms with van der Waals surface area (Å²) < 4.78 is 0. The van der Waals surface area contributed by atoms with Gasteiger partial charge in [-0.1, -0.05) is 0 Å². The molecule has 0 fully saturated rings. The molecule has 1 aromatic rings. The van der Waals surface area contributed by atoms with Gasteiger partial charge in [-0.2, -0.15) is 0 Å². The maximum absolute atomic E-state index is 11.7. The second-order valence-electron chi connectivity index (χ2n) is 4.35. The average molecular weight is 266 g/mol. The molecule has 0 saturated heterocycles. The van der Waals surface area contributed by atoms with Gasteiger partial charge in [-0.25, -0.2) is 9.59 Å². The Labute approximate surface area is 111 Å². The number of nitrogens with zero attached hydrogens (tertiary/aromatic N) is 1. The van der Waals surface area contributed by atoms with E-state index in [0.29, 0.717) is 11.3 Å². The van der Waals surface area contributed by atoms with Gasteiger partial charge in [-0.15, -0.1) is 0 Å². The molecule has 0 radical (unpaired) electrons. The second-order valence-corrected chi connectivity index (χ2v) is 4.35. The monoisotopic (exact) mass is 266 g/mol. The Hall–Kier alpha value is -2.08. The third-order valence-electron chi connectivity index (χ3n) is 2.93. The first kappa shape index (κ1) is 15.0. The number of carbonyl (C=O) groups is 2. The van der Waals surface area contributed by atoms with E-state index in [4.69, 9.17) is 10.2 Å². The summed E-state index contributed by atoms with van der Waals surface area (Å²) in [5, 5.41) is 20.4. The molecule has 0 aliphatic rings. The van der Waals surface area contributed by atoms with Crippen LogP contribution in [0.1, 0.15) is 21.5 Å². The summed E-state index contributed by atoms with van der Waals surface area (Å²) in [6.45, 7) is 3.59. The van der Waals surface area contributed by atoms with Gasteiger partial charge in [0, 0.05) is 19.3 Å². The molecule has 1 aromatic carbocycles. The number of aromatic carboxylic acids is 1. The lowest BCUT2D eigenvalue weighted by atomic mass is 10.0. The van der Waals surface area contributed by atoms with Crippen LogP contribution >= 0.6 is 0 Å². The van der Waals surface area contributed by atoms with E-state index in [2.05, 4.69) is 5.32 Å². The molecule has 1 rings (SSSR count). The van der Waals surface area contributed by atoms with Crippen LogP contribution in [0.15, 0.2) is 12.1 Å². The third-order valence-corrected chi connectivity index (χ3v) is 2.93. The summed E-state index contributed by atoms with van der Waals surface area (Å²) in [4.78, 5) is 24.1. The molecule has 6 heteroatoms. The molecule has 0 spiro atoms. The minimum absolute atomic E-state index is 0.128. The molecule has 0 aromatic heterocycles. The number of anilines is 1. The van der Waals surface area contributed by atoms with Crippen LogP contribution in [-0.2, 0) is 0 Å². The van der Waals surface area contributed by atoms with Crippen LogP contribution in [0.3, 0.4) is 0 Å². The number of likely N-dealkylation sites (N-methyl/N-ethyl adjacent to an activating group) is 1. The number of rotatable bonds is 4. The first-order valence-corrected chi connectivity index (χ1v) is 5.84. The number of nitrogens with one attached hydrogen (secondary N) is 1. The van der Waals surface area contributed by atoms with Crippen molar-refractivity contribution < 1.29 is 19.8 Å². The number of benzene rings is 1. The normalized spacial score (nSPS) is 10.1. The van der Waals surface area contributed by atoms with Gasteiger partial charge in [0.2, 0.25) is 0 Å². The fourth-order valence-electron chi connectivity index (χ4n) is 1.62. The number of hydrogen-bond acceptors (Lipinski definition) is 3. The number of carbonyl (C=O) groups excluding carboxylic acids is 1. The predicted molar refractivity (Wildman–Crippen MR) is 71.6 cm³/mol. The molecule has 0 atom stereocenters. The Morgan fingerprint density at radius 3 is 2.47 bits per heavy atom. The zero-order chi connectivity index (χ0) is 14.6. The van der Waals surface area contributed by atoms with Gasteiger partial charge < -0.3 is 20.4 Å². The van der Waals surface area contributed by atoms with E-state index in [1.807, 2.05) is 0 Å². The number of carboxylic acids is 1. The fraction of sp³-hybridized carbons (Fsp3) is 0.385. The predicted octanol–water partition coefficient (Wildman–Crippen LogP) is 1.46. The average Bonchev–Trinajstić information content (AvgIpc) is 2.33. The molecule has 19 heavy (non-hydrogen) atoms. The summed E-state index contributed by atoms with van der Waals surface area (Å²) in [6.07, 6.45) is 0. The zero-order valence-corrected chi connectivity index (χ0v) is 11.2. The Kier molecular flexibility index (Phi) is 4.88. The number of hydrogen-bond donors (Lipinski definition) is 3. The number of aryl methyl sites for hydroxylation is 1. The fourth-order valence-corrected chi connectivity index (χ4v) is 1.62. The molecule has 0 saturated carbocycles. The summed E-state index contributed by atoms with van der Waals surface area (Å²) in [7, 11) is 1.55. The quantitative estimate of drug-likeness (QED) is 0.769. The van der Waals surface area contributed by atoms with Crippen LogP contribution < -0.4 is 5.32 Å². The molecule has 2 amide bonds. The first-order chi connectivity index (χ1) is 8.86. The van der Waals surface area contributed by atoms with Crippen molar-refractivity contribution in [2.24, 2.45) is 0 Å². The van der Waals surface area contributed by atoms with E-state index in [1.165, 1.54) is 11.0 Å². The van der Waals surface area contributed by atoms with E-state index < -0.39 is 12.0 Å². The topological polar surface area (TPSA) is 89.9 Å². The van der Waals surface area contributed by atoms with Crippen LogP contribution in [0, 0.1) is 13.8 Å². The minimum Gasteiger partial charge on any atom is -0.478 e. The van der Waals surface area contributed by atoms with Gasteiger partial charge in [0.1, 0.15) is 0 Å². The lowest BCUT2D eigenvalue weighted by Crippen LogP contribution is -2.33. The third kappa shape index (κ3) is 3.69. The number of carboxylic acid groups (broad SMARTS) is 1. The Balaban J connectivity index is 2.97. The van der Waals surface area contributed by atoms with Crippen molar-refractivity contribution >= 4 is 17.7 Å². The van der Waals surface area contributed by atoms with Crippen LogP contribution in [0.5, 0.6) is 0 Å². The summed E-state index contributed by atoms with van der Waals surface area (Å²) in [6, 6.07) is 2.75. The SMILES string of the molecule is Cc1cc(NC(=O)N(C)CCO)cc(C(=O)O)c1C. The lowest BCUT2D eigenvalue weighted by molar-refractivity contribution is 0.0696. The molecule has 3 N–H and O–H groups in total. The van der Waals surface area contributed by atoms with Gasteiger partial charge in [0.15, 0.2) is 0 Å². The highest BCUT2D eigenvalue weighted by Crippen LogP contribution is 2.20. The Morgan fingerprint density at radius 1 is 1.32 bits per heavy atom. The second kappa shape index (κ2) is 6.19. The molecule has 0 aliphatic heterocycles. The molecule has 0 unspecified atom stereocenters. The highest BCUT2D eigenvalue weighted by atomic mass is 16.4. The lowest BCUT2D eigenvalue weighted by Gasteiger charge is -2.17. The van der Waals surface area contributed by atoms with Crippen LogP contribution in [0.25, 0.3) is 0 Å². The van der Waals surface area contributed by atoms with Gasteiger partial charge >= 0.3 is 12.0 Å². The maximum atomic E-state index is 11.7. The highest BCUT2D eigenvalue weighted by Gasteiger charge is 2.13. The van der Waals surface area contributed by atoms with Crippen molar-refractivity contribution in [3.05, 3.63) is 28.8 Å². The molecule has 6 nitrogen and oxygen atoms in total. The zero-order valence-electron chi connectivity index (χ0n) is 11.2. The van der Waals surface area contributed by atoms with E-state index in [1.54, 1.807) is 27.0 Å². The first-order valence-electron chi connectivity index (χ1n) is 5.84. The van der Waals surface area contributed by atoms with Crippen molar-refractivity contribution in [2.75, 3.05) is 25.5 Å². The van der Waals surface area contributed by atoms with Gasteiger partial charge in [-0.05, 0) is 37.1 Å². The van der Waals surface area contributed by atoms with Crippen LogP contribution in [0.4, 0.5) is 10.5 Å². The molecule has 104 valence electrons. The number of amides is 2. The standard InChI is InChI=1S/C13H18N2O4/c1-8-6-10(7-11(9(8)2)12(17)18)14-13(19)15(3)4-5-16/h6-7,16H,4-5H2,1-3H3,(H,14,19)(H,17,18). The van der Waals surface area contributed by atoms with E-state index in [9.17, 15) is 9.59 Å². The summed E-state index contributed by atoms with van der Waals surface area (Å²) in [5.41, 5.74) is 2.06. The number of aliphatic hydroxyl groups excluding tert-OH is 1. The van der Waals surface area contributed by atoms with Crippen molar-refractivity contribution in [1.29, 1.82) is 0 Å². The van der Waals surface area contributed by atoms with E-state index >= 15 is 0 Å². The van der Waals surface area contributed by atoms with Gasteiger partial charge in [-0.3, -0.25) is 0 Å². The van der Waals surface area contributed by atoms with Gasteiger partial charge in [0.05, 0.1) is 12.2 Å². The Morgan fingerprint density at radius 2 is 1.95 bits per heavy atom. The van der Waals surface area contributed by atoms with Crippen molar-refractivity contribution in [3.8, 4) is 0 Å². The largest absolute Gasteiger partial charge is 0.478 e. The van der Waals surface area contributed by atoms with Crippen molar-refractivity contribution in [1.82, 2.24) is 4.90 Å². The maximum Gasteiger partial charge on any atom is 0.336 e. The molecular formula is C13H18N2O4. The Bertz CT molecular complexity index is 500. The van der Waals surface area contributed by atoms with E-state index in [0.717, 1.165) is 5.56 Å². The molecule has 0 bridgehead atoms. The van der Waals surface area contributed by atoms with Crippen LogP contribution in [0.2, 0.25) is 0 Å². The molecular weight excluding hydrogens is 248 g/mol. The van der Waals surface area contributed by atoms with E-state index in [-0.39, 0.29) is 18.7 Å². The van der Waals surface area contributed by atoms with Crippen molar-refractivity contribution in [2.45, 2.75) is 13.8 Å². The van der Waals surface area contributed by atoms with Crippen LogP contribution in [-0.4, -0.2) is 47.3 Å². The van der Waals surface area contributed by atoms with Gasteiger partial charge in [0.25, 0.3) is 0 Å². The van der Waals surface area contributed by atoms with Crippen molar-refractivity contribution in [3.63, 3.8) is 0 Å². The molecule has 0 aliphatic carbocycles. The smallest absolute Gasteiger partial charge is 0.336 e. The summed E-state index contributed by atoms with van der Waals surface area (Å²) in [5.74, 6) is -1.03. The number of urea groups is 1. The number of aliphatic hydroxyl groups is 1. The minimum atomic E-state index is -1.03. The summed E-state index contributed by atoms with van der Waals surface area (Å²) >= 11 is 0. The highest BCUT2D eigenvalue weighted by molar-refractivity contribution is 5.94.